The Hall–Kier alpha value is -3.15. The molecule has 1 fully saturated rings. The second kappa shape index (κ2) is 7.84. The Labute approximate surface area is 164 Å². The fourth-order valence-corrected chi connectivity index (χ4v) is 3.69. The minimum Gasteiger partial charge on any atom is -0.326 e. The van der Waals surface area contributed by atoms with E-state index < -0.39 is 5.92 Å². The first-order valence-electron chi connectivity index (χ1n) is 9.31. The van der Waals surface area contributed by atoms with Crippen LogP contribution in [0.2, 0.25) is 0 Å². The minimum absolute atomic E-state index is 0.0996. The monoisotopic (exact) mass is 379 g/mol. The lowest BCUT2D eigenvalue weighted by Gasteiger charge is -2.18. The van der Waals surface area contributed by atoms with Gasteiger partial charge in [-0.1, -0.05) is 23.8 Å². The molecule has 0 unspecified atom stereocenters. The third kappa shape index (κ3) is 4.22. The fourth-order valence-electron chi connectivity index (χ4n) is 3.69. The molecule has 0 spiro atoms. The lowest BCUT2D eigenvalue weighted by Crippen LogP contribution is -2.28. The lowest BCUT2D eigenvalue weighted by atomic mass is 10.0. The molecule has 0 aromatic heterocycles. The third-order valence-electron chi connectivity index (χ3n) is 4.90. The number of nitrogens with zero attached hydrogens (tertiary/aromatic N) is 1. The predicted octanol–water partition coefficient (Wildman–Crippen LogP) is 3.56. The van der Waals surface area contributed by atoms with E-state index >= 15 is 0 Å². The molecule has 1 atom stereocenters. The number of hydrogen-bond donors (Lipinski definition) is 2. The van der Waals surface area contributed by atoms with Gasteiger partial charge in [0.15, 0.2) is 0 Å². The highest BCUT2D eigenvalue weighted by molar-refractivity contribution is 6.04. The van der Waals surface area contributed by atoms with E-state index in [9.17, 15) is 14.4 Å². The molecule has 146 valence electrons. The first kappa shape index (κ1) is 19.6. The smallest absolute Gasteiger partial charge is 0.229 e. The van der Waals surface area contributed by atoms with Crippen LogP contribution in [-0.4, -0.2) is 24.3 Å². The van der Waals surface area contributed by atoms with Crippen molar-refractivity contribution in [1.82, 2.24) is 0 Å². The third-order valence-corrected chi connectivity index (χ3v) is 4.90. The summed E-state index contributed by atoms with van der Waals surface area (Å²) in [5.41, 5.74) is 5.28. The van der Waals surface area contributed by atoms with Gasteiger partial charge in [0.2, 0.25) is 17.7 Å². The normalized spacial score (nSPS) is 16.2. The Bertz CT molecular complexity index is 929. The summed E-state index contributed by atoms with van der Waals surface area (Å²) in [6.45, 7) is 7.71. The van der Waals surface area contributed by atoms with Crippen LogP contribution in [0.5, 0.6) is 0 Å². The summed E-state index contributed by atoms with van der Waals surface area (Å²) in [4.78, 5) is 38.2. The highest BCUT2D eigenvalue weighted by atomic mass is 16.2. The van der Waals surface area contributed by atoms with Crippen molar-refractivity contribution in [1.29, 1.82) is 0 Å². The quantitative estimate of drug-likeness (QED) is 0.853. The van der Waals surface area contributed by atoms with Crippen LogP contribution in [-0.2, 0) is 14.4 Å². The fraction of sp³-hybridized carbons (Fsp3) is 0.318. The highest BCUT2D eigenvalue weighted by Gasteiger charge is 2.35. The van der Waals surface area contributed by atoms with Crippen molar-refractivity contribution in [3.63, 3.8) is 0 Å². The Morgan fingerprint density at radius 3 is 2.36 bits per heavy atom. The lowest BCUT2D eigenvalue weighted by molar-refractivity contribution is -0.122. The van der Waals surface area contributed by atoms with Gasteiger partial charge in [-0.15, -0.1) is 0 Å². The number of benzene rings is 2. The average Bonchev–Trinajstić information content (AvgIpc) is 2.99. The van der Waals surface area contributed by atoms with Crippen LogP contribution in [0.3, 0.4) is 0 Å². The second-order valence-electron chi connectivity index (χ2n) is 7.40. The Morgan fingerprint density at radius 2 is 1.71 bits per heavy atom. The van der Waals surface area contributed by atoms with E-state index in [1.54, 1.807) is 29.2 Å². The zero-order valence-corrected chi connectivity index (χ0v) is 16.6. The summed E-state index contributed by atoms with van der Waals surface area (Å²) in [5.74, 6) is -0.843. The van der Waals surface area contributed by atoms with Gasteiger partial charge >= 0.3 is 0 Å². The van der Waals surface area contributed by atoms with Gasteiger partial charge in [-0.3, -0.25) is 14.4 Å². The number of nitrogens with one attached hydrogen (secondary N) is 2. The zero-order chi connectivity index (χ0) is 20.4. The summed E-state index contributed by atoms with van der Waals surface area (Å²) in [6.07, 6.45) is 0.167. The largest absolute Gasteiger partial charge is 0.326 e. The molecule has 3 rings (SSSR count). The van der Waals surface area contributed by atoms with Crippen LogP contribution in [0.25, 0.3) is 0 Å². The molecule has 0 aliphatic carbocycles. The number of amides is 3. The maximum absolute atomic E-state index is 12.8. The number of rotatable bonds is 4. The van der Waals surface area contributed by atoms with Gasteiger partial charge in [-0.2, -0.15) is 0 Å². The molecule has 1 heterocycles. The Balaban J connectivity index is 1.74. The van der Waals surface area contributed by atoms with E-state index in [0.29, 0.717) is 17.9 Å². The van der Waals surface area contributed by atoms with Gasteiger partial charge in [0.05, 0.1) is 5.92 Å². The molecule has 6 heteroatoms. The van der Waals surface area contributed by atoms with E-state index in [4.69, 9.17) is 0 Å². The summed E-state index contributed by atoms with van der Waals surface area (Å²) >= 11 is 0. The van der Waals surface area contributed by atoms with Crippen molar-refractivity contribution in [2.45, 2.75) is 34.1 Å². The van der Waals surface area contributed by atoms with Crippen LogP contribution in [0, 0.1) is 26.7 Å². The van der Waals surface area contributed by atoms with Crippen molar-refractivity contribution in [3.05, 3.63) is 53.1 Å². The first-order valence-corrected chi connectivity index (χ1v) is 9.31. The molecular weight excluding hydrogens is 354 g/mol. The topological polar surface area (TPSA) is 78.5 Å². The zero-order valence-electron chi connectivity index (χ0n) is 16.6. The van der Waals surface area contributed by atoms with Crippen LogP contribution in [0.1, 0.15) is 30.0 Å². The minimum atomic E-state index is -0.419. The summed E-state index contributed by atoms with van der Waals surface area (Å²) in [5, 5.41) is 5.71. The average molecular weight is 379 g/mol. The SMILES string of the molecule is CC(=O)Nc1cccc(N2C[C@@H](C(=O)Nc3c(C)cc(C)cc3C)CC2=O)c1. The van der Waals surface area contributed by atoms with Crippen molar-refractivity contribution in [2.24, 2.45) is 5.92 Å². The Morgan fingerprint density at radius 1 is 1.04 bits per heavy atom. The molecule has 2 aromatic rings. The highest BCUT2D eigenvalue weighted by Crippen LogP contribution is 2.29. The van der Waals surface area contributed by atoms with Gasteiger partial charge in [0.1, 0.15) is 0 Å². The summed E-state index contributed by atoms with van der Waals surface area (Å²) in [6, 6.07) is 11.1. The van der Waals surface area contributed by atoms with Crippen LogP contribution < -0.4 is 15.5 Å². The second-order valence-corrected chi connectivity index (χ2v) is 7.40. The Kier molecular flexibility index (Phi) is 5.49. The molecule has 1 aliphatic rings. The molecule has 1 aliphatic heterocycles. The summed E-state index contributed by atoms with van der Waals surface area (Å²) < 4.78 is 0. The van der Waals surface area contributed by atoms with E-state index in [2.05, 4.69) is 10.6 Å². The molecule has 0 bridgehead atoms. The number of anilines is 3. The van der Waals surface area contributed by atoms with E-state index in [0.717, 1.165) is 22.4 Å². The molecule has 28 heavy (non-hydrogen) atoms. The maximum Gasteiger partial charge on any atom is 0.229 e. The molecule has 6 nitrogen and oxygen atoms in total. The number of carbonyl (C=O) groups is 3. The molecule has 3 amide bonds. The van der Waals surface area contributed by atoms with Gasteiger partial charge in [0, 0.05) is 37.0 Å². The first-order chi connectivity index (χ1) is 13.2. The van der Waals surface area contributed by atoms with Crippen LogP contribution in [0.4, 0.5) is 17.1 Å². The molecule has 0 saturated carbocycles. The summed E-state index contributed by atoms with van der Waals surface area (Å²) in [7, 11) is 0. The molecule has 2 N–H and O–H groups in total. The molecule has 1 saturated heterocycles. The van der Waals surface area contributed by atoms with Crippen molar-refractivity contribution < 1.29 is 14.4 Å². The van der Waals surface area contributed by atoms with Crippen LogP contribution in [0.15, 0.2) is 36.4 Å². The van der Waals surface area contributed by atoms with Gasteiger partial charge in [-0.25, -0.2) is 0 Å². The van der Waals surface area contributed by atoms with Gasteiger partial charge in [-0.05, 0) is 50.1 Å². The number of hydrogen-bond acceptors (Lipinski definition) is 3. The van der Waals surface area contributed by atoms with Gasteiger partial charge < -0.3 is 15.5 Å². The number of carbonyl (C=O) groups excluding carboxylic acids is 3. The molecule has 0 radical (unpaired) electrons. The van der Waals surface area contributed by atoms with E-state index in [1.807, 2.05) is 32.9 Å². The number of aryl methyl sites for hydroxylation is 3. The van der Waals surface area contributed by atoms with Crippen molar-refractivity contribution in [2.75, 3.05) is 22.1 Å². The van der Waals surface area contributed by atoms with E-state index in [1.165, 1.54) is 6.92 Å². The molecule has 2 aromatic carbocycles. The standard InChI is InChI=1S/C22H25N3O3/c1-13-8-14(2)21(15(3)9-13)24-22(28)17-10-20(27)25(12-17)19-7-5-6-18(11-19)23-16(4)26/h5-9,11,17H,10,12H2,1-4H3,(H,23,26)(H,24,28)/t17-/m0/s1. The maximum atomic E-state index is 12.8. The molecular formula is C22H25N3O3. The predicted molar refractivity (Wildman–Crippen MR) is 110 cm³/mol. The van der Waals surface area contributed by atoms with E-state index in [-0.39, 0.29) is 24.1 Å². The van der Waals surface area contributed by atoms with Crippen molar-refractivity contribution in [3.8, 4) is 0 Å². The van der Waals surface area contributed by atoms with Crippen molar-refractivity contribution >= 4 is 34.8 Å². The van der Waals surface area contributed by atoms with Gasteiger partial charge in [0.25, 0.3) is 0 Å². The van der Waals surface area contributed by atoms with Crippen LogP contribution >= 0.6 is 0 Å².